The number of amides is 1. The first-order valence-corrected chi connectivity index (χ1v) is 9.67. The van der Waals surface area contributed by atoms with E-state index in [1.165, 1.54) is 17.9 Å². The van der Waals surface area contributed by atoms with E-state index in [0.29, 0.717) is 17.1 Å². The van der Waals surface area contributed by atoms with Crippen molar-refractivity contribution < 1.29 is 31.1 Å². The molecule has 7 nitrogen and oxygen atoms in total. The van der Waals surface area contributed by atoms with E-state index in [1.54, 1.807) is 7.05 Å². The summed E-state index contributed by atoms with van der Waals surface area (Å²) >= 11 is 0. The zero-order valence-corrected chi connectivity index (χ0v) is 17.7. The Morgan fingerprint density at radius 2 is 1.76 bits per heavy atom. The van der Waals surface area contributed by atoms with Gasteiger partial charge in [0.1, 0.15) is 5.82 Å². The summed E-state index contributed by atoms with van der Waals surface area (Å²) < 4.78 is 81.1. The van der Waals surface area contributed by atoms with Crippen molar-refractivity contribution in [1.29, 1.82) is 0 Å². The van der Waals surface area contributed by atoms with Gasteiger partial charge >= 0.3 is 12.4 Å². The Balaban J connectivity index is 1.78. The molecule has 0 bridgehead atoms. The summed E-state index contributed by atoms with van der Waals surface area (Å²) in [7, 11) is 2.80. The van der Waals surface area contributed by atoms with Gasteiger partial charge in [-0.1, -0.05) is 0 Å². The molecule has 2 N–H and O–H groups in total. The molecule has 0 radical (unpaired) electrons. The van der Waals surface area contributed by atoms with Crippen LogP contribution < -0.4 is 5.73 Å². The number of fused-ring (bicyclic) bond motifs is 3. The van der Waals surface area contributed by atoms with Crippen LogP contribution in [0.4, 0.5) is 32.2 Å². The maximum Gasteiger partial charge on any atom is 0.417 e. The Bertz CT molecular complexity index is 1410. The first kappa shape index (κ1) is 23.3. The SMILES string of the molecule is CN(Cc1ccc(C(F)(F)F)cn1)C(=O)c1cc2c(cc1C(F)(F)F)nc(N)c1cnn(C)c12. The molecule has 0 spiro atoms. The molecule has 0 saturated heterocycles. The molecule has 0 aliphatic heterocycles. The topological polar surface area (TPSA) is 89.9 Å². The molecular weight excluding hydrogens is 466 g/mol. The molecule has 4 rings (SSSR count). The maximum absolute atomic E-state index is 13.9. The number of aromatic nitrogens is 4. The number of nitrogen functional groups attached to an aromatic ring is 1. The lowest BCUT2D eigenvalue weighted by Crippen LogP contribution is -2.29. The van der Waals surface area contributed by atoms with Gasteiger partial charge in [-0.05, 0) is 24.3 Å². The number of aryl methyl sites for hydroxylation is 1. The van der Waals surface area contributed by atoms with E-state index in [-0.39, 0.29) is 29.0 Å². The molecule has 0 fully saturated rings. The summed E-state index contributed by atoms with van der Waals surface area (Å²) in [6, 6.07) is 3.67. The van der Waals surface area contributed by atoms with Crippen LogP contribution >= 0.6 is 0 Å². The highest BCUT2D eigenvalue weighted by atomic mass is 19.4. The summed E-state index contributed by atoms with van der Waals surface area (Å²) in [6.07, 6.45) is -7.46. The molecule has 0 aliphatic rings. The number of carbonyl (C=O) groups is 1. The zero-order valence-electron chi connectivity index (χ0n) is 17.7. The molecule has 178 valence electrons. The highest BCUT2D eigenvalue weighted by Crippen LogP contribution is 2.37. The second-order valence-corrected chi connectivity index (χ2v) is 7.64. The lowest BCUT2D eigenvalue weighted by Gasteiger charge is -2.21. The van der Waals surface area contributed by atoms with Gasteiger partial charge in [-0.2, -0.15) is 31.4 Å². The Morgan fingerprint density at radius 1 is 1.06 bits per heavy atom. The molecule has 3 aromatic heterocycles. The van der Waals surface area contributed by atoms with Gasteiger partial charge in [0.15, 0.2) is 0 Å². The molecule has 0 atom stereocenters. The quantitative estimate of drug-likeness (QED) is 0.437. The highest BCUT2D eigenvalue weighted by molar-refractivity contribution is 6.10. The van der Waals surface area contributed by atoms with Crippen molar-refractivity contribution in [3.63, 3.8) is 0 Å². The molecule has 34 heavy (non-hydrogen) atoms. The number of pyridine rings is 2. The van der Waals surface area contributed by atoms with E-state index in [2.05, 4.69) is 15.1 Å². The number of nitrogens with zero attached hydrogens (tertiary/aromatic N) is 5. The molecule has 4 aromatic rings. The number of carbonyl (C=O) groups excluding carboxylic acids is 1. The molecule has 1 amide bonds. The van der Waals surface area contributed by atoms with Crippen molar-refractivity contribution in [3.05, 3.63) is 59.0 Å². The van der Waals surface area contributed by atoms with Gasteiger partial charge in [0.2, 0.25) is 0 Å². The van der Waals surface area contributed by atoms with Gasteiger partial charge in [0, 0.05) is 25.7 Å². The predicted molar refractivity (Wildman–Crippen MR) is 110 cm³/mol. The zero-order chi connectivity index (χ0) is 25.0. The minimum absolute atomic E-state index is 0.00621. The number of rotatable bonds is 3. The Morgan fingerprint density at radius 3 is 2.35 bits per heavy atom. The van der Waals surface area contributed by atoms with Crippen LogP contribution in [0.1, 0.15) is 27.2 Å². The average Bonchev–Trinajstić information content (AvgIpc) is 3.14. The second kappa shape index (κ2) is 7.85. The second-order valence-electron chi connectivity index (χ2n) is 7.64. The Kier molecular flexibility index (Phi) is 5.37. The van der Waals surface area contributed by atoms with Crippen LogP contribution in [0.3, 0.4) is 0 Å². The van der Waals surface area contributed by atoms with E-state index in [4.69, 9.17) is 5.73 Å². The summed E-state index contributed by atoms with van der Waals surface area (Å²) in [5.74, 6) is -1.00. The number of nitrogens with two attached hydrogens (primary N) is 1. The number of hydrogen-bond acceptors (Lipinski definition) is 5. The molecule has 0 saturated carbocycles. The van der Waals surface area contributed by atoms with Gasteiger partial charge < -0.3 is 10.6 Å². The number of halogens is 6. The summed E-state index contributed by atoms with van der Waals surface area (Å²) in [5, 5.41) is 4.71. The van der Waals surface area contributed by atoms with Crippen LogP contribution in [0.15, 0.2) is 36.7 Å². The lowest BCUT2D eigenvalue weighted by atomic mass is 10.0. The smallest absolute Gasteiger partial charge is 0.383 e. The summed E-state index contributed by atoms with van der Waals surface area (Å²) in [6.45, 7) is -0.312. The molecule has 1 aromatic carbocycles. The average molecular weight is 482 g/mol. The van der Waals surface area contributed by atoms with Gasteiger partial charge in [-0.25, -0.2) is 4.98 Å². The van der Waals surface area contributed by atoms with Crippen LogP contribution in [0, 0.1) is 0 Å². The van der Waals surface area contributed by atoms with Gasteiger partial charge in [0.05, 0.1) is 51.5 Å². The molecule has 3 heterocycles. The number of anilines is 1. The maximum atomic E-state index is 13.9. The van der Waals surface area contributed by atoms with Gasteiger partial charge in [-0.3, -0.25) is 14.5 Å². The summed E-state index contributed by atoms with van der Waals surface area (Å²) in [4.78, 5) is 21.7. The first-order chi connectivity index (χ1) is 15.8. The molecule has 0 unspecified atom stereocenters. The van der Waals surface area contributed by atoms with E-state index in [1.807, 2.05) is 0 Å². The number of benzene rings is 1. The van der Waals surface area contributed by atoms with Gasteiger partial charge in [0.25, 0.3) is 5.91 Å². The fraction of sp³-hybridized carbons (Fsp3) is 0.238. The minimum atomic E-state index is -4.88. The largest absolute Gasteiger partial charge is 0.417 e. The van der Waals surface area contributed by atoms with Crippen LogP contribution in [-0.2, 0) is 25.9 Å². The molecule has 13 heteroatoms. The van der Waals surface area contributed by atoms with E-state index in [9.17, 15) is 31.1 Å². The molecular formula is C21H16F6N6O. The normalized spacial score (nSPS) is 12.5. The first-order valence-electron chi connectivity index (χ1n) is 9.67. The van der Waals surface area contributed by atoms with Crippen molar-refractivity contribution in [1.82, 2.24) is 24.6 Å². The fourth-order valence-corrected chi connectivity index (χ4v) is 3.62. The Hall–Kier alpha value is -3.90. The van der Waals surface area contributed by atoms with E-state index < -0.39 is 35.0 Å². The van der Waals surface area contributed by atoms with Crippen molar-refractivity contribution in [2.24, 2.45) is 7.05 Å². The van der Waals surface area contributed by atoms with Gasteiger partial charge in [-0.15, -0.1) is 0 Å². The molecule has 0 aliphatic carbocycles. The highest BCUT2D eigenvalue weighted by Gasteiger charge is 2.37. The third-order valence-corrected chi connectivity index (χ3v) is 5.28. The third kappa shape index (κ3) is 4.08. The fourth-order valence-electron chi connectivity index (χ4n) is 3.62. The monoisotopic (exact) mass is 482 g/mol. The summed E-state index contributed by atoms with van der Waals surface area (Å²) in [5.41, 5.74) is 3.43. The Labute approximate surface area is 187 Å². The van der Waals surface area contributed by atoms with Crippen LogP contribution in [0.2, 0.25) is 0 Å². The number of alkyl halides is 6. The minimum Gasteiger partial charge on any atom is -0.383 e. The van der Waals surface area contributed by atoms with Crippen LogP contribution in [0.5, 0.6) is 0 Å². The lowest BCUT2D eigenvalue weighted by molar-refractivity contribution is -0.138. The van der Waals surface area contributed by atoms with Crippen molar-refractivity contribution in [2.75, 3.05) is 12.8 Å². The van der Waals surface area contributed by atoms with Crippen molar-refractivity contribution in [3.8, 4) is 0 Å². The van der Waals surface area contributed by atoms with Crippen molar-refractivity contribution in [2.45, 2.75) is 18.9 Å². The van der Waals surface area contributed by atoms with Crippen LogP contribution in [-0.4, -0.2) is 37.6 Å². The standard InChI is InChI=1S/C21H16F6N6O/c1-32(9-11-4-3-10(7-29-11)20(22,23)24)19(34)12-5-13-16(6-15(12)21(25,26)27)31-18(28)14-8-30-33(2)17(13)14/h3-8H,9H2,1-2H3,(H2,28,31). The van der Waals surface area contributed by atoms with Crippen molar-refractivity contribution >= 4 is 33.5 Å². The predicted octanol–water partition coefficient (Wildman–Crippen LogP) is 4.41. The van der Waals surface area contributed by atoms with E-state index in [0.717, 1.165) is 29.2 Å². The van der Waals surface area contributed by atoms with Crippen LogP contribution in [0.25, 0.3) is 21.8 Å². The number of hydrogen-bond donors (Lipinski definition) is 1. The third-order valence-electron chi connectivity index (χ3n) is 5.28. The van der Waals surface area contributed by atoms with E-state index >= 15 is 0 Å².